The number of hydrogen-bond donors (Lipinski definition) is 1. The largest absolute Gasteiger partial charge is 0.462 e. The minimum Gasteiger partial charge on any atom is -0.462 e. The van der Waals surface area contributed by atoms with Gasteiger partial charge in [-0.05, 0) is 50.8 Å². The molecule has 0 saturated carbocycles. The molecule has 3 amide bonds. The summed E-state index contributed by atoms with van der Waals surface area (Å²) in [5.41, 5.74) is 0.841. The molecule has 1 aliphatic heterocycles. The van der Waals surface area contributed by atoms with E-state index in [4.69, 9.17) is 9.47 Å². The van der Waals surface area contributed by atoms with E-state index in [0.717, 1.165) is 16.2 Å². The molecule has 0 radical (unpaired) electrons. The molecule has 0 aliphatic carbocycles. The Hall–Kier alpha value is -3.53. The van der Waals surface area contributed by atoms with Gasteiger partial charge in [0.25, 0.3) is 11.8 Å². The highest BCUT2D eigenvalue weighted by Crippen LogP contribution is 2.35. The van der Waals surface area contributed by atoms with Gasteiger partial charge in [0.05, 0.1) is 29.9 Å². The van der Waals surface area contributed by atoms with Crippen LogP contribution in [0.25, 0.3) is 0 Å². The van der Waals surface area contributed by atoms with E-state index in [1.165, 1.54) is 0 Å². The number of amides is 3. The Morgan fingerprint density at radius 3 is 2.03 bits per heavy atom. The van der Waals surface area contributed by atoms with Gasteiger partial charge in [0.1, 0.15) is 15.9 Å². The number of esters is 2. The first kappa shape index (κ1) is 26.1. The molecule has 10 heteroatoms. The molecule has 1 atom stereocenters. The molecule has 2 heterocycles. The van der Waals surface area contributed by atoms with Gasteiger partial charge in [-0.1, -0.05) is 26.0 Å². The van der Waals surface area contributed by atoms with Crippen LogP contribution in [0.1, 0.15) is 80.4 Å². The smallest absolute Gasteiger partial charge is 0.348 e. The number of carbonyl (C=O) groups excluding carboxylic acids is 5. The molecule has 1 aromatic heterocycles. The van der Waals surface area contributed by atoms with Crippen molar-refractivity contribution in [2.75, 3.05) is 18.5 Å². The summed E-state index contributed by atoms with van der Waals surface area (Å²) < 4.78 is 10.2. The fourth-order valence-electron chi connectivity index (χ4n) is 3.90. The Morgan fingerprint density at radius 1 is 0.971 bits per heavy atom. The first-order valence-electron chi connectivity index (χ1n) is 11.4. The lowest BCUT2D eigenvalue weighted by molar-refractivity contribution is -0.120. The van der Waals surface area contributed by atoms with E-state index in [2.05, 4.69) is 5.32 Å². The van der Waals surface area contributed by atoms with E-state index in [0.29, 0.717) is 5.56 Å². The van der Waals surface area contributed by atoms with Crippen LogP contribution in [0.3, 0.4) is 0 Å². The van der Waals surface area contributed by atoms with Gasteiger partial charge < -0.3 is 14.8 Å². The number of nitrogens with one attached hydrogen (secondary N) is 1. The summed E-state index contributed by atoms with van der Waals surface area (Å²) in [4.78, 5) is 65.9. The Kier molecular flexibility index (Phi) is 8.06. The normalized spacial score (nSPS) is 13.6. The van der Waals surface area contributed by atoms with Gasteiger partial charge in [-0.25, -0.2) is 9.59 Å². The van der Waals surface area contributed by atoms with Crippen LogP contribution in [0.5, 0.6) is 0 Å². The van der Waals surface area contributed by atoms with Crippen molar-refractivity contribution in [1.29, 1.82) is 0 Å². The fourth-order valence-corrected chi connectivity index (χ4v) is 5.00. The predicted octanol–water partition coefficient (Wildman–Crippen LogP) is 4.06. The number of nitrogens with zero attached hydrogens (tertiary/aromatic N) is 1. The summed E-state index contributed by atoms with van der Waals surface area (Å²) in [7, 11) is 0. The Bertz CT molecular complexity index is 1150. The molecule has 0 unspecified atom stereocenters. The zero-order valence-corrected chi connectivity index (χ0v) is 21.1. The number of rotatable bonds is 9. The molecular weight excluding hydrogens is 472 g/mol. The SMILES string of the molecule is CCOC(=O)c1sc(NC(=O)[C@@H](CC(C)C)N2C(=O)c3ccccc3C2=O)c(C(=O)OCC)c1C. The van der Waals surface area contributed by atoms with Crippen molar-refractivity contribution in [3.05, 3.63) is 51.4 Å². The Balaban J connectivity index is 2.00. The highest BCUT2D eigenvalue weighted by molar-refractivity contribution is 7.18. The maximum atomic E-state index is 13.5. The van der Waals surface area contributed by atoms with Crippen LogP contribution in [-0.4, -0.2) is 53.8 Å². The van der Waals surface area contributed by atoms with E-state index in [1.807, 2.05) is 13.8 Å². The summed E-state index contributed by atoms with van der Waals surface area (Å²) >= 11 is 0.889. The lowest BCUT2D eigenvalue weighted by Crippen LogP contribution is -2.48. The molecule has 0 bridgehead atoms. The predicted molar refractivity (Wildman–Crippen MR) is 130 cm³/mol. The van der Waals surface area contributed by atoms with Crippen LogP contribution in [0, 0.1) is 12.8 Å². The average Bonchev–Trinajstić information content (AvgIpc) is 3.26. The van der Waals surface area contributed by atoms with Crippen LogP contribution in [0.2, 0.25) is 0 Å². The molecule has 9 nitrogen and oxygen atoms in total. The van der Waals surface area contributed by atoms with Crippen molar-refractivity contribution >= 4 is 46.0 Å². The summed E-state index contributed by atoms with van der Waals surface area (Å²) in [5, 5.41) is 2.78. The second-order valence-electron chi connectivity index (χ2n) is 8.36. The molecular formula is C25H28N2O7S. The number of ether oxygens (including phenoxy) is 2. The number of imide groups is 1. The third kappa shape index (κ3) is 5.12. The highest BCUT2D eigenvalue weighted by atomic mass is 32.1. The van der Waals surface area contributed by atoms with Crippen LogP contribution < -0.4 is 5.32 Å². The fraction of sp³-hybridized carbons (Fsp3) is 0.400. The van der Waals surface area contributed by atoms with Crippen LogP contribution in [0.15, 0.2) is 24.3 Å². The monoisotopic (exact) mass is 500 g/mol. The van der Waals surface area contributed by atoms with Crippen molar-refractivity contribution < 1.29 is 33.4 Å². The zero-order valence-electron chi connectivity index (χ0n) is 20.3. The molecule has 1 aliphatic rings. The van der Waals surface area contributed by atoms with E-state index >= 15 is 0 Å². The first-order valence-corrected chi connectivity index (χ1v) is 12.2. The number of anilines is 1. The van der Waals surface area contributed by atoms with Gasteiger partial charge in [0, 0.05) is 0 Å². The summed E-state index contributed by atoms with van der Waals surface area (Å²) in [5.74, 6) is -3.10. The number of thiophene rings is 1. The van der Waals surface area contributed by atoms with Crippen LogP contribution in [0.4, 0.5) is 5.00 Å². The molecule has 2 aromatic rings. The molecule has 0 fully saturated rings. The lowest BCUT2D eigenvalue weighted by Gasteiger charge is -2.26. The molecule has 0 spiro atoms. The van der Waals surface area contributed by atoms with Gasteiger partial charge in [-0.15, -0.1) is 11.3 Å². The lowest BCUT2D eigenvalue weighted by atomic mass is 10.0. The maximum absolute atomic E-state index is 13.5. The quantitative estimate of drug-likeness (QED) is 0.407. The van der Waals surface area contributed by atoms with Gasteiger partial charge in [0.15, 0.2) is 0 Å². The summed E-state index contributed by atoms with van der Waals surface area (Å²) in [6, 6.07) is 5.29. The zero-order chi connectivity index (χ0) is 25.9. The Morgan fingerprint density at radius 2 is 1.51 bits per heavy atom. The number of carbonyl (C=O) groups is 5. The van der Waals surface area contributed by atoms with Crippen molar-refractivity contribution in [3.63, 3.8) is 0 Å². The minimum absolute atomic E-state index is 0.0280. The third-order valence-electron chi connectivity index (χ3n) is 5.46. The maximum Gasteiger partial charge on any atom is 0.348 e. The molecule has 3 rings (SSSR count). The highest BCUT2D eigenvalue weighted by Gasteiger charge is 2.43. The first-order chi connectivity index (χ1) is 16.6. The number of benzene rings is 1. The van der Waals surface area contributed by atoms with E-state index in [9.17, 15) is 24.0 Å². The van der Waals surface area contributed by atoms with Crippen molar-refractivity contribution in [2.45, 2.75) is 47.1 Å². The standard InChI is InChI=1S/C25H28N2O7S/c1-6-33-24(31)18-14(5)19(25(32)34-7-2)35-21(18)26-20(28)17(12-13(3)4)27-22(29)15-10-8-9-11-16(15)23(27)30/h8-11,13,17H,6-7,12H2,1-5H3,(H,26,28)/t17-/m1/s1. The second kappa shape index (κ2) is 10.8. The average molecular weight is 501 g/mol. The Labute approximate surface area is 207 Å². The van der Waals surface area contributed by atoms with Crippen molar-refractivity contribution in [3.8, 4) is 0 Å². The molecule has 1 aromatic carbocycles. The topological polar surface area (TPSA) is 119 Å². The molecule has 35 heavy (non-hydrogen) atoms. The second-order valence-corrected chi connectivity index (χ2v) is 9.38. The van der Waals surface area contributed by atoms with Crippen LogP contribution >= 0.6 is 11.3 Å². The van der Waals surface area contributed by atoms with Crippen molar-refractivity contribution in [1.82, 2.24) is 4.90 Å². The third-order valence-corrected chi connectivity index (χ3v) is 6.65. The molecule has 0 saturated heterocycles. The summed E-state index contributed by atoms with van der Waals surface area (Å²) in [6.45, 7) is 8.86. The number of hydrogen-bond acceptors (Lipinski definition) is 8. The van der Waals surface area contributed by atoms with Gasteiger partial charge >= 0.3 is 11.9 Å². The van der Waals surface area contributed by atoms with Gasteiger partial charge in [0.2, 0.25) is 5.91 Å². The van der Waals surface area contributed by atoms with Crippen molar-refractivity contribution in [2.24, 2.45) is 5.92 Å². The molecule has 1 N–H and O–H groups in total. The minimum atomic E-state index is -1.12. The van der Waals surface area contributed by atoms with E-state index in [1.54, 1.807) is 45.0 Å². The van der Waals surface area contributed by atoms with Gasteiger partial charge in [-0.3, -0.25) is 19.3 Å². The number of fused-ring (bicyclic) bond motifs is 1. The summed E-state index contributed by atoms with van der Waals surface area (Å²) in [6.07, 6.45) is 0.209. The van der Waals surface area contributed by atoms with Crippen LogP contribution in [-0.2, 0) is 14.3 Å². The van der Waals surface area contributed by atoms with Gasteiger partial charge in [-0.2, -0.15) is 0 Å². The van der Waals surface area contributed by atoms with E-state index in [-0.39, 0.29) is 52.1 Å². The molecule has 186 valence electrons. The van der Waals surface area contributed by atoms with E-state index < -0.39 is 35.7 Å².